The van der Waals surface area contributed by atoms with Crippen molar-refractivity contribution >= 4 is 15.8 Å². The van der Waals surface area contributed by atoms with Crippen LogP contribution in [0.5, 0.6) is 0 Å². The lowest BCUT2D eigenvalue weighted by Gasteiger charge is -2.14. The number of carboxylic acids is 1. The third-order valence-corrected chi connectivity index (χ3v) is 4.58. The van der Waals surface area contributed by atoms with Crippen LogP contribution in [-0.2, 0) is 25.8 Å². The maximum absolute atomic E-state index is 11.8. The molecule has 0 aromatic heterocycles. The molecule has 0 aliphatic carbocycles. The highest BCUT2D eigenvalue weighted by Crippen LogP contribution is 2.17. The van der Waals surface area contributed by atoms with Crippen molar-refractivity contribution < 1.29 is 36.2 Å². The molecule has 1 atom stereocenters. The van der Waals surface area contributed by atoms with Crippen LogP contribution >= 0.6 is 0 Å². The van der Waals surface area contributed by atoms with E-state index in [0.717, 1.165) is 0 Å². The van der Waals surface area contributed by atoms with Gasteiger partial charge in [0.2, 0.25) is 0 Å². The van der Waals surface area contributed by atoms with E-state index in [1.807, 2.05) is 0 Å². The van der Waals surface area contributed by atoms with Gasteiger partial charge in [-0.25, -0.2) is 8.42 Å². The number of aliphatic carboxylic acids is 1. The molecule has 1 aromatic carbocycles. The van der Waals surface area contributed by atoms with E-state index in [9.17, 15) is 26.4 Å². The second kappa shape index (κ2) is 6.90. The normalized spacial score (nSPS) is 13.9. The van der Waals surface area contributed by atoms with Crippen LogP contribution in [0.4, 0.5) is 13.2 Å². The van der Waals surface area contributed by atoms with Gasteiger partial charge in [0, 0.05) is 0 Å². The van der Waals surface area contributed by atoms with Crippen LogP contribution in [-0.4, -0.2) is 43.5 Å². The van der Waals surface area contributed by atoms with E-state index in [1.54, 1.807) is 18.2 Å². The highest BCUT2D eigenvalue weighted by Gasteiger charge is 2.35. The maximum Gasteiger partial charge on any atom is 0.522 e. The molecular weight excluding hydrogens is 313 g/mol. The SMILES string of the molecule is O=C(O)C(Cc1ccccc1)S(=O)(=O)CCOC(F)(F)F. The molecule has 0 aliphatic heterocycles. The van der Waals surface area contributed by atoms with E-state index in [4.69, 9.17) is 5.11 Å². The van der Waals surface area contributed by atoms with Crippen LogP contribution in [0, 0.1) is 0 Å². The average molecular weight is 326 g/mol. The molecule has 1 unspecified atom stereocenters. The fourth-order valence-electron chi connectivity index (χ4n) is 1.61. The van der Waals surface area contributed by atoms with Gasteiger partial charge in [0.25, 0.3) is 0 Å². The summed E-state index contributed by atoms with van der Waals surface area (Å²) in [6, 6.07) is 7.96. The topological polar surface area (TPSA) is 80.7 Å². The molecule has 0 amide bonds. The van der Waals surface area contributed by atoms with E-state index in [-0.39, 0.29) is 6.42 Å². The summed E-state index contributed by atoms with van der Waals surface area (Å²) in [4.78, 5) is 11.1. The van der Waals surface area contributed by atoms with Crippen LogP contribution in [0.15, 0.2) is 30.3 Å². The van der Waals surface area contributed by atoms with Gasteiger partial charge in [-0.15, -0.1) is 13.2 Å². The van der Waals surface area contributed by atoms with Crippen molar-refractivity contribution in [1.29, 1.82) is 0 Å². The molecule has 0 spiro atoms. The first kappa shape index (κ1) is 17.4. The predicted molar refractivity (Wildman–Crippen MR) is 67.4 cm³/mol. The fourth-order valence-corrected chi connectivity index (χ4v) is 2.97. The molecule has 0 radical (unpaired) electrons. The fraction of sp³-hybridized carbons (Fsp3) is 0.417. The van der Waals surface area contributed by atoms with Crippen molar-refractivity contribution in [2.24, 2.45) is 0 Å². The third kappa shape index (κ3) is 6.13. The Morgan fingerprint density at radius 2 is 1.81 bits per heavy atom. The second-order valence-electron chi connectivity index (χ2n) is 4.18. The number of hydrogen-bond donors (Lipinski definition) is 1. The van der Waals surface area contributed by atoms with E-state index in [1.165, 1.54) is 12.1 Å². The first-order valence-electron chi connectivity index (χ1n) is 5.81. The minimum atomic E-state index is -4.95. The lowest BCUT2D eigenvalue weighted by Crippen LogP contribution is -2.36. The quantitative estimate of drug-likeness (QED) is 0.824. The van der Waals surface area contributed by atoms with Crippen molar-refractivity contribution in [2.75, 3.05) is 12.4 Å². The Hall–Kier alpha value is -1.61. The number of rotatable bonds is 7. The van der Waals surface area contributed by atoms with Gasteiger partial charge in [0.05, 0.1) is 12.4 Å². The van der Waals surface area contributed by atoms with Crippen LogP contribution in [0.25, 0.3) is 0 Å². The zero-order valence-corrected chi connectivity index (χ0v) is 11.5. The number of ether oxygens (including phenoxy) is 1. The molecule has 0 heterocycles. The summed E-state index contributed by atoms with van der Waals surface area (Å²) in [7, 11) is -4.27. The summed E-state index contributed by atoms with van der Waals surface area (Å²) in [5, 5.41) is 7.18. The van der Waals surface area contributed by atoms with Crippen molar-refractivity contribution in [3.8, 4) is 0 Å². The molecule has 0 fully saturated rings. The predicted octanol–water partition coefficient (Wildman–Crippen LogP) is 1.63. The van der Waals surface area contributed by atoms with E-state index >= 15 is 0 Å². The highest BCUT2D eigenvalue weighted by atomic mass is 32.2. The molecule has 21 heavy (non-hydrogen) atoms. The van der Waals surface area contributed by atoms with Gasteiger partial charge in [0.1, 0.15) is 0 Å². The number of hydrogen-bond acceptors (Lipinski definition) is 4. The zero-order valence-electron chi connectivity index (χ0n) is 10.7. The Kier molecular flexibility index (Phi) is 5.73. The minimum absolute atomic E-state index is 0.315. The summed E-state index contributed by atoms with van der Waals surface area (Å²) in [6.45, 7) is -1.13. The molecule has 9 heteroatoms. The summed E-state index contributed by atoms with van der Waals surface area (Å²) in [5.74, 6) is -2.62. The molecule has 0 bridgehead atoms. The lowest BCUT2D eigenvalue weighted by atomic mass is 10.1. The largest absolute Gasteiger partial charge is 0.522 e. The Morgan fingerprint density at radius 1 is 1.24 bits per heavy atom. The molecular formula is C12H13F3O5S. The molecule has 5 nitrogen and oxygen atoms in total. The van der Waals surface area contributed by atoms with Gasteiger partial charge in [-0.05, 0) is 12.0 Å². The first-order chi connectivity index (χ1) is 9.62. The number of carbonyl (C=O) groups is 1. The van der Waals surface area contributed by atoms with Crippen LogP contribution in [0.2, 0.25) is 0 Å². The van der Waals surface area contributed by atoms with Gasteiger partial charge in [-0.2, -0.15) is 0 Å². The standard InChI is InChI=1S/C12H13F3O5S/c13-12(14,15)20-6-7-21(18,19)10(11(16)17)8-9-4-2-1-3-5-9/h1-5,10H,6-8H2,(H,16,17). The third-order valence-electron chi connectivity index (χ3n) is 2.61. The van der Waals surface area contributed by atoms with Crippen molar-refractivity contribution in [2.45, 2.75) is 18.0 Å². The smallest absolute Gasteiger partial charge is 0.480 e. The Balaban J connectivity index is 2.77. The molecule has 0 aliphatic rings. The van der Waals surface area contributed by atoms with Gasteiger partial charge in [0.15, 0.2) is 15.1 Å². The molecule has 1 aromatic rings. The zero-order chi connectivity index (χ0) is 16.1. The van der Waals surface area contributed by atoms with Crippen LogP contribution in [0.3, 0.4) is 0 Å². The van der Waals surface area contributed by atoms with E-state index in [2.05, 4.69) is 4.74 Å². The molecule has 118 valence electrons. The Morgan fingerprint density at radius 3 is 2.29 bits per heavy atom. The number of benzene rings is 1. The molecule has 0 saturated heterocycles. The summed E-state index contributed by atoms with van der Waals surface area (Å²) < 4.78 is 62.5. The van der Waals surface area contributed by atoms with Crippen molar-refractivity contribution in [1.82, 2.24) is 0 Å². The van der Waals surface area contributed by atoms with Gasteiger partial charge >= 0.3 is 12.3 Å². The average Bonchev–Trinajstić information content (AvgIpc) is 2.34. The highest BCUT2D eigenvalue weighted by molar-refractivity contribution is 7.92. The van der Waals surface area contributed by atoms with Crippen LogP contribution < -0.4 is 0 Å². The number of halogens is 3. The van der Waals surface area contributed by atoms with E-state index in [0.29, 0.717) is 5.56 Å². The summed E-state index contributed by atoms with van der Waals surface area (Å²) in [6.07, 6.45) is -5.27. The van der Waals surface area contributed by atoms with Gasteiger partial charge < -0.3 is 5.11 Å². The van der Waals surface area contributed by atoms with Gasteiger partial charge in [-0.1, -0.05) is 30.3 Å². The Labute approximate surface area is 119 Å². The number of carboxylic acid groups (broad SMARTS) is 1. The van der Waals surface area contributed by atoms with Crippen molar-refractivity contribution in [3.05, 3.63) is 35.9 Å². The summed E-state index contributed by atoms with van der Waals surface area (Å²) in [5.41, 5.74) is 0.463. The molecule has 0 saturated carbocycles. The minimum Gasteiger partial charge on any atom is -0.480 e. The van der Waals surface area contributed by atoms with E-state index < -0.39 is 39.8 Å². The molecule has 1 rings (SSSR count). The number of alkyl halides is 3. The molecule has 1 N–H and O–H groups in total. The maximum atomic E-state index is 11.8. The summed E-state index contributed by atoms with van der Waals surface area (Å²) >= 11 is 0. The number of sulfone groups is 1. The lowest BCUT2D eigenvalue weighted by molar-refractivity contribution is -0.322. The van der Waals surface area contributed by atoms with Crippen molar-refractivity contribution in [3.63, 3.8) is 0 Å². The monoisotopic (exact) mass is 326 g/mol. The first-order valence-corrected chi connectivity index (χ1v) is 7.52. The van der Waals surface area contributed by atoms with Gasteiger partial charge in [-0.3, -0.25) is 9.53 Å². The Bertz CT molecular complexity index is 568. The van der Waals surface area contributed by atoms with Crippen LogP contribution in [0.1, 0.15) is 5.56 Å². The second-order valence-corrected chi connectivity index (χ2v) is 6.48.